The van der Waals surface area contributed by atoms with Crippen molar-refractivity contribution in [2.45, 2.75) is 19.4 Å². The molecule has 0 radical (unpaired) electrons. The molecule has 2 rings (SSSR count). The molecule has 1 aliphatic rings. The highest BCUT2D eigenvalue weighted by atomic mass is 16.6. The molecule has 0 aromatic heterocycles. The Balaban J connectivity index is 1.71. The maximum Gasteiger partial charge on any atom is 0.335 e. The van der Waals surface area contributed by atoms with Crippen LogP contribution in [0.3, 0.4) is 0 Å². The van der Waals surface area contributed by atoms with Crippen LogP contribution in [0.4, 0.5) is 0 Å². The molecule has 1 heterocycles. The van der Waals surface area contributed by atoms with E-state index in [0.717, 1.165) is 5.71 Å². The number of benzene rings is 1. The SMILES string of the molecule is CC1=NO[C@@H](C(=O)NCCOc2cccc(C(=O)O)c2)C1. The second-order valence-electron chi connectivity index (χ2n) is 4.60. The van der Waals surface area contributed by atoms with Crippen LogP contribution in [0.1, 0.15) is 23.7 Å². The average Bonchev–Trinajstić information content (AvgIpc) is 2.90. The summed E-state index contributed by atoms with van der Waals surface area (Å²) < 4.78 is 5.38. The second-order valence-corrected chi connectivity index (χ2v) is 4.60. The largest absolute Gasteiger partial charge is 0.492 e. The van der Waals surface area contributed by atoms with Gasteiger partial charge in [0.15, 0.2) is 0 Å². The van der Waals surface area contributed by atoms with Crippen LogP contribution in [0.5, 0.6) is 5.75 Å². The predicted molar refractivity (Wildman–Crippen MR) is 74.5 cm³/mol. The van der Waals surface area contributed by atoms with Gasteiger partial charge in [-0.15, -0.1) is 0 Å². The quantitative estimate of drug-likeness (QED) is 0.764. The van der Waals surface area contributed by atoms with Crippen LogP contribution in [0.15, 0.2) is 29.4 Å². The van der Waals surface area contributed by atoms with Crippen molar-refractivity contribution in [3.63, 3.8) is 0 Å². The van der Waals surface area contributed by atoms with Gasteiger partial charge in [-0.1, -0.05) is 11.2 Å². The highest BCUT2D eigenvalue weighted by Gasteiger charge is 2.25. The van der Waals surface area contributed by atoms with Crippen LogP contribution in [-0.2, 0) is 9.63 Å². The second kappa shape index (κ2) is 6.74. The molecule has 112 valence electrons. The molecule has 21 heavy (non-hydrogen) atoms. The van der Waals surface area contributed by atoms with Gasteiger partial charge in [0, 0.05) is 6.42 Å². The molecule has 1 amide bonds. The third-order valence-electron chi connectivity index (χ3n) is 2.86. The van der Waals surface area contributed by atoms with E-state index >= 15 is 0 Å². The number of hydrogen-bond donors (Lipinski definition) is 2. The third kappa shape index (κ3) is 4.20. The van der Waals surface area contributed by atoms with Gasteiger partial charge in [0.25, 0.3) is 5.91 Å². The number of carbonyl (C=O) groups is 2. The molecule has 1 atom stereocenters. The Bertz CT molecular complexity index is 570. The van der Waals surface area contributed by atoms with E-state index < -0.39 is 12.1 Å². The summed E-state index contributed by atoms with van der Waals surface area (Å²) in [6.07, 6.45) is -0.0757. The van der Waals surface area contributed by atoms with E-state index in [0.29, 0.717) is 18.7 Å². The molecule has 0 bridgehead atoms. The number of carboxylic acids is 1. The maximum absolute atomic E-state index is 11.7. The standard InChI is InChI=1S/C14H16N2O5/c1-9-7-12(21-16-9)13(17)15-5-6-20-11-4-2-3-10(8-11)14(18)19/h2-4,8,12H,5-7H2,1H3,(H,15,17)(H,18,19)/t12-/m1/s1. The summed E-state index contributed by atoms with van der Waals surface area (Å²) in [6, 6.07) is 6.17. The lowest BCUT2D eigenvalue weighted by atomic mass is 10.2. The zero-order chi connectivity index (χ0) is 15.2. The van der Waals surface area contributed by atoms with Crippen molar-refractivity contribution in [2.75, 3.05) is 13.2 Å². The Hall–Kier alpha value is -2.57. The van der Waals surface area contributed by atoms with Gasteiger partial charge in [-0.2, -0.15) is 0 Å². The van der Waals surface area contributed by atoms with Gasteiger partial charge in [0.05, 0.1) is 17.8 Å². The van der Waals surface area contributed by atoms with Gasteiger partial charge >= 0.3 is 5.97 Å². The van der Waals surface area contributed by atoms with Crippen molar-refractivity contribution in [1.82, 2.24) is 5.32 Å². The summed E-state index contributed by atoms with van der Waals surface area (Å²) in [7, 11) is 0. The van der Waals surface area contributed by atoms with E-state index in [2.05, 4.69) is 10.5 Å². The van der Waals surface area contributed by atoms with Crippen molar-refractivity contribution in [1.29, 1.82) is 0 Å². The van der Waals surface area contributed by atoms with Crippen LogP contribution in [0.25, 0.3) is 0 Å². The Labute approximate surface area is 121 Å². The van der Waals surface area contributed by atoms with E-state index in [9.17, 15) is 9.59 Å². The monoisotopic (exact) mass is 292 g/mol. The summed E-state index contributed by atoms with van der Waals surface area (Å²) in [4.78, 5) is 27.5. The molecule has 0 saturated heterocycles. The summed E-state index contributed by atoms with van der Waals surface area (Å²) in [6.45, 7) is 2.34. The van der Waals surface area contributed by atoms with Crippen LogP contribution in [0, 0.1) is 0 Å². The molecule has 0 fully saturated rings. The van der Waals surface area contributed by atoms with Crippen LogP contribution in [0.2, 0.25) is 0 Å². The van der Waals surface area contributed by atoms with E-state index in [-0.39, 0.29) is 18.1 Å². The summed E-state index contributed by atoms with van der Waals surface area (Å²) in [5, 5.41) is 15.2. The lowest BCUT2D eigenvalue weighted by Gasteiger charge is -2.10. The Morgan fingerprint density at radius 2 is 2.33 bits per heavy atom. The number of carboxylic acid groups (broad SMARTS) is 1. The predicted octanol–water partition coefficient (Wildman–Crippen LogP) is 1.04. The molecular formula is C14H16N2O5. The summed E-state index contributed by atoms with van der Waals surface area (Å²) in [5.74, 6) is -0.804. The van der Waals surface area contributed by atoms with Crippen molar-refractivity contribution in [3.8, 4) is 5.75 Å². The highest BCUT2D eigenvalue weighted by molar-refractivity contribution is 5.91. The van der Waals surface area contributed by atoms with Crippen molar-refractivity contribution in [3.05, 3.63) is 29.8 Å². The molecule has 0 spiro atoms. The van der Waals surface area contributed by atoms with E-state index in [1.807, 2.05) is 0 Å². The zero-order valence-corrected chi connectivity index (χ0v) is 11.5. The molecule has 0 aliphatic carbocycles. The van der Waals surface area contributed by atoms with E-state index in [1.54, 1.807) is 19.1 Å². The first-order valence-electron chi connectivity index (χ1n) is 6.49. The molecule has 1 aliphatic heterocycles. The number of nitrogens with one attached hydrogen (secondary N) is 1. The van der Waals surface area contributed by atoms with Crippen LogP contribution in [-0.4, -0.2) is 42.0 Å². The van der Waals surface area contributed by atoms with Gasteiger partial charge in [-0.25, -0.2) is 4.79 Å². The van der Waals surface area contributed by atoms with Crippen molar-refractivity contribution in [2.24, 2.45) is 5.16 Å². The normalized spacial score (nSPS) is 16.8. The fraction of sp³-hybridized carbons (Fsp3) is 0.357. The summed E-state index contributed by atoms with van der Waals surface area (Å²) in [5.41, 5.74) is 0.945. The van der Waals surface area contributed by atoms with Gasteiger partial charge in [-0.3, -0.25) is 4.79 Å². The Kier molecular flexibility index (Phi) is 4.76. The number of rotatable bonds is 6. The number of amides is 1. The minimum atomic E-state index is -1.01. The fourth-order valence-electron chi connectivity index (χ4n) is 1.81. The zero-order valence-electron chi connectivity index (χ0n) is 11.5. The Morgan fingerprint density at radius 3 is 3.00 bits per heavy atom. The lowest BCUT2D eigenvalue weighted by molar-refractivity contribution is -0.131. The first-order chi connectivity index (χ1) is 10.1. The number of hydrogen-bond acceptors (Lipinski definition) is 5. The maximum atomic E-state index is 11.7. The average molecular weight is 292 g/mol. The summed E-state index contributed by atoms with van der Waals surface area (Å²) >= 11 is 0. The minimum Gasteiger partial charge on any atom is -0.492 e. The lowest BCUT2D eigenvalue weighted by Crippen LogP contribution is -2.36. The first-order valence-corrected chi connectivity index (χ1v) is 6.49. The number of carbonyl (C=O) groups excluding carboxylic acids is 1. The smallest absolute Gasteiger partial charge is 0.335 e. The van der Waals surface area contributed by atoms with Crippen LogP contribution < -0.4 is 10.1 Å². The minimum absolute atomic E-state index is 0.156. The fourth-order valence-corrected chi connectivity index (χ4v) is 1.81. The van der Waals surface area contributed by atoms with Gasteiger partial charge < -0.3 is 20.0 Å². The van der Waals surface area contributed by atoms with Crippen LogP contribution >= 0.6 is 0 Å². The van der Waals surface area contributed by atoms with Gasteiger partial charge in [0.2, 0.25) is 6.10 Å². The third-order valence-corrected chi connectivity index (χ3v) is 2.86. The number of aromatic carboxylic acids is 1. The van der Waals surface area contributed by atoms with Crippen molar-refractivity contribution < 1.29 is 24.3 Å². The van der Waals surface area contributed by atoms with Crippen molar-refractivity contribution >= 4 is 17.6 Å². The topological polar surface area (TPSA) is 97.2 Å². The molecule has 0 unspecified atom stereocenters. The first kappa shape index (κ1) is 14.8. The number of nitrogens with zero attached hydrogens (tertiary/aromatic N) is 1. The molecule has 2 N–H and O–H groups in total. The highest BCUT2D eigenvalue weighted by Crippen LogP contribution is 2.13. The van der Waals surface area contributed by atoms with E-state index in [4.69, 9.17) is 14.7 Å². The van der Waals surface area contributed by atoms with Gasteiger partial charge in [-0.05, 0) is 25.1 Å². The molecule has 7 nitrogen and oxygen atoms in total. The number of oxime groups is 1. The molecular weight excluding hydrogens is 276 g/mol. The number of ether oxygens (including phenoxy) is 1. The molecule has 0 saturated carbocycles. The molecule has 7 heteroatoms. The van der Waals surface area contributed by atoms with E-state index in [1.165, 1.54) is 12.1 Å². The Morgan fingerprint density at radius 1 is 1.52 bits per heavy atom. The van der Waals surface area contributed by atoms with Gasteiger partial charge in [0.1, 0.15) is 12.4 Å². The molecule has 1 aromatic rings. The molecule has 1 aromatic carbocycles.